The molecule has 0 aliphatic heterocycles. The summed E-state index contributed by atoms with van der Waals surface area (Å²) < 4.78 is 7.50. The maximum atomic E-state index is 12.2. The zero-order valence-electron chi connectivity index (χ0n) is 14.8. The molecule has 0 saturated heterocycles. The quantitative estimate of drug-likeness (QED) is 0.445. The third-order valence-corrected chi connectivity index (χ3v) is 6.05. The van der Waals surface area contributed by atoms with Gasteiger partial charge in [0.05, 0.1) is 11.1 Å². The molecule has 6 nitrogen and oxygen atoms in total. The monoisotopic (exact) mass is 406 g/mol. The standard InChI is InChI=1S/C20H14N4O2S2/c1-12-2-4-13(5-3-12)15-10-28-19-17(15)18(21-11-22-19)26-9-14-8-16(25)24-6-7-27-20(24)23-14/h2-8,10-11H,9H2,1H3. The van der Waals surface area contributed by atoms with Crippen LogP contribution in [0, 0.1) is 6.92 Å². The Kier molecular flexibility index (Phi) is 4.14. The summed E-state index contributed by atoms with van der Waals surface area (Å²) in [6, 6.07) is 9.82. The van der Waals surface area contributed by atoms with Gasteiger partial charge in [0, 0.05) is 28.6 Å². The number of hydrogen-bond acceptors (Lipinski definition) is 7. The summed E-state index contributed by atoms with van der Waals surface area (Å²) in [4.78, 5) is 26.9. The van der Waals surface area contributed by atoms with E-state index < -0.39 is 0 Å². The molecule has 5 rings (SSSR count). The summed E-state index contributed by atoms with van der Waals surface area (Å²) in [5.41, 5.74) is 3.79. The summed E-state index contributed by atoms with van der Waals surface area (Å²) >= 11 is 2.97. The van der Waals surface area contributed by atoms with Crippen LogP contribution in [0.3, 0.4) is 0 Å². The molecule has 0 spiro atoms. The molecule has 0 radical (unpaired) electrons. The van der Waals surface area contributed by atoms with Crippen molar-refractivity contribution in [2.45, 2.75) is 13.5 Å². The van der Waals surface area contributed by atoms with Crippen molar-refractivity contribution >= 4 is 37.9 Å². The second kappa shape index (κ2) is 6.81. The van der Waals surface area contributed by atoms with E-state index in [4.69, 9.17) is 4.74 Å². The number of fused-ring (bicyclic) bond motifs is 2. The van der Waals surface area contributed by atoms with Crippen LogP contribution in [-0.2, 0) is 6.61 Å². The number of benzene rings is 1. The molecule has 0 saturated carbocycles. The summed E-state index contributed by atoms with van der Waals surface area (Å²) in [6.07, 6.45) is 3.21. The minimum absolute atomic E-state index is 0.117. The van der Waals surface area contributed by atoms with E-state index in [1.54, 1.807) is 17.5 Å². The highest BCUT2D eigenvalue weighted by Crippen LogP contribution is 2.37. The topological polar surface area (TPSA) is 69.4 Å². The van der Waals surface area contributed by atoms with Gasteiger partial charge in [0.1, 0.15) is 17.8 Å². The first kappa shape index (κ1) is 17.0. The largest absolute Gasteiger partial charge is 0.471 e. The minimum atomic E-state index is -0.117. The Bertz CT molecular complexity index is 1350. The third-order valence-electron chi connectivity index (χ3n) is 4.41. The van der Waals surface area contributed by atoms with Gasteiger partial charge in [-0.3, -0.25) is 9.20 Å². The number of thiazole rings is 1. The number of ether oxygens (including phenoxy) is 1. The van der Waals surface area contributed by atoms with Crippen molar-refractivity contribution in [2.24, 2.45) is 0 Å². The molecule has 5 aromatic rings. The van der Waals surface area contributed by atoms with Crippen molar-refractivity contribution in [1.29, 1.82) is 0 Å². The van der Waals surface area contributed by atoms with Gasteiger partial charge in [0.15, 0.2) is 4.96 Å². The highest BCUT2D eigenvalue weighted by Gasteiger charge is 2.15. The maximum absolute atomic E-state index is 12.2. The van der Waals surface area contributed by atoms with Crippen molar-refractivity contribution in [3.63, 3.8) is 0 Å². The first-order valence-corrected chi connectivity index (χ1v) is 10.3. The lowest BCUT2D eigenvalue weighted by Crippen LogP contribution is -2.14. The van der Waals surface area contributed by atoms with Crippen LogP contribution in [0.2, 0.25) is 0 Å². The lowest BCUT2D eigenvalue weighted by molar-refractivity contribution is 0.293. The fraction of sp³-hybridized carbons (Fsp3) is 0.100. The summed E-state index contributed by atoms with van der Waals surface area (Å²) in [5, 5.41) is 4.78. The molecular formula is C20H14N4O2S2. The Balaban J connectivity index is 1.52. The lowest BCUT2D eigenvalue weighted by atomic mass is 10.0. The van der Waals surface area contributed by atoms with Gasteiger partial charge in [-0.25, -0.2) is 15.0 Å². The Labute approximate surface area is 167 Å². The second-order valence-electron chi connectivity index (χ2n) is 6.30. The molecule has 0 amide bonds. The molecule has 0 aliphatic carbocycles. The number of aromatic nitrogens is 4. The van der Waals surface area contributed by atoms with Gasteiger partial charge < -0.3 is 4.74 Å². The average Bonchev–Trinajstić information content (AvgIpc) is 3.34. The number of hydrogen-bond donors (Lipinski definition) is 0. The molecule has 0 atom stereocenters. The van der Waals surface area contributed by atoms with Crippen molar-refractivity contribution < 1.29 is 4.74 Å². The molecule has 138 valence electrons. The lowest BCUT2D eigenvalue weighted by Gasteiger charge is -2.08. The number of aryl methyl sites for hydroxylation is 1. The predicted octanol–water partition coefficient (Wildman–Crippen LogP) is 4.32. The first-order valence-electron chi connectivity index (χ1n) is 8.57. The van der Waals surface area contributed by atoms with Crippen LogP contribution in [0.25, 0.3) is 26.3 Å². The van der Waals surface area contributed by atoms with Crippen molar-refractivity contribution in [3.8, 4) is 17.0 Å². The van der Waals surface area contributed by atoms with E-state index in [2.05, 4.69) is 51.5 Å². The van der Waals surface area contributed by atoms with Crippen LogP contribution < -0.4 is 10.3 Å². The Morgan fingerprint density at radius 3 is 2.86 bits per heavy atom. The van der Waals surface area contributed by atoms with E-state index in [1.807, 2.05) is 5.38 Å². The average molecular weight is 406 g/mol. The third kappa shape index (κ3) is 2.96. The second-order valence-corrected chi connectivity index (χ2v) is 8.04. The maximum Gasteiger partial charge on any atom is 0.258 e. The summed E-state index contributed by atoms with van der Waals surface area (Å²) in [6.45, 7) is 2.23. The predicted molar refractivity (Wildman–Crippen MR) is 111 cm³/mol. The molecule has 8 heteroatoms. The molecule has 1 aromatic carbocycles. The minimum Gasteiger partial charge on any atom is -0.471 e. The molecule has 0 unspecified atom stereocenters. The van der Waals surface area contributed by atoms with Gasteiger partial charge in [-0.15, -0.1) is 22.7 Å². The van der Waals surface area contributed by atoms with E-state index in [0.717, 1.165) is 21.3 Å². The first-order chi connectivity index (χ1) is 13.7. The highest BCUT2D eigenvalue weighted by atomic mass is 32.1. The Hall–Kier alpha value is -3.10. The van der Waals surface area contributed by atoms with E-state index in [-0.39, 0.29) is 12.2 Å². The highest BCUT2D eigenvalue weighted by molar-refractivity contribution is 7.17. The number of nitrogens with zero attached hydrogens (tertiary/aromatic N) is 4. The van der Waals surface area contributed by atoms with E-state index in [0.29, 0.717) is 16.5 Å². The molecule has 4 aromatic heterocycles. The summed E-state index contributed by atoms with van der Waals surface area (Å²) in [5.74, 6) is 0.495. The number of rotatable bonds is 4. The van der Waals surface area contributed by atoms with Gasteiger partial charge in [-0.05, 0) is 12.5 Å². The van der Waals surface area contributed by atoms with Crippen LogP contribution >= 0.6 is 22.7 Å². The van der Waals surface area contributed by atoms with Gasteiger partial charge in [0.2, 0.25) is 5.88 Å². The van der Waals surface area contributed by atoms with Gasteiger partial charge in [0.25, 0.3) is 5.56 Å². The fourth-order valence-electron chi connectivity index (χ4n) is 3.01. The fourth-order valence-corrected chi connectivity index (χ4v) is 4.65. The normalized spacial score (nSPS) is 11.3. The Morgan fingerprint density at radius 1 is 1.14 bits per heavy atom. The van der Waals surface area contributed by atoms with Gasteiger partial charge in [-0.1, -0.05) is 29.8 Å². The molecule has 28 heavy (non-hydrogen) atoms. The summed E-state index contributed by atoms with van der Waals surface area (Å²) in [7, 11) is 0. The Morgan fingerprint density at radius 2 is 2.00 bits per heavy atom. The van der Waals surface area contributed by atoms with Crippen LogP contribution in [0.1, 0.15) is 11.3 Å². The molecule has 0 bridgehead atoms. The van der Waals surface area contributed by atoms with Crippen LogP contribution in [0.15, 0.2) is 58.4 Å². The molecule has 4 heterocycles. The SMILES string of the molecule is Cc1ccc(-c2csc3ncnc(OCc4cc(=O)n5ccsc5n4)c23)cc1. The van der Waals surface area contributed by atoms with Crippen molar-refractivity contribution in [1.82, 2.24) is 19.4 Å². The number of thiophene rings is 1. The molecule has 0 fully saturated rings. The van der Waals surface area contributed by atoms with E-state index in [9.17, 15) is 4.79 Å². The van der Waals surface area contributed by atoms with Crippen molar-refractivity contribution in [2.75, 3.05) is 0 Å². The zero-order valence-corrected chi connectivity index (χ0v) is 16.5. The van der Waals surface area contributed by atoms with Crippen LogP contribution in [-0.4, -0.2) is 19.4 Å². The molecule has 0 N–H and O–H groups in total. The van der Waals surface area contributed by atoms with E-state index in [1.165, 1.54) is 33.7 Å². The smallest absolute Gasteiger partial charge is 0.258 e. The van der Waals surface area contributed by atoms with E-state index >= 15 is 0 Å². The molecule has 0 aliphatic rings. The van der Waals surface area contributed by atoms with Gasteiger partial charge in [-0.2, -0.15) is 0 Å². The van der Waals surface area contributed by atoms with Crippen molar-refractivity contribution in [3.05, 3.63) is 75.2 Å². The molecular weight excluding hydrogens is 392 g/mol. The van der Waals surface area contributed by atoms with Gasteiger partial charge >= 0.3 is 0 Å². The van der Waals surface area contributed by atoms with Crippen LogP contribution in [0.4, 0.5) is 0 Å². The zero-order chi connectivity index (χ0) is 19.1. The van der Waals surface area contributed by atoms with Crippen LogP contribution in [0.5, 0.6) is 5.88 Å².